The van der Waals surface area contributed by atoms with Crippen LogP contribution >= 0.6 is 19.0 Å². The van der Waals surface area contributed by atoms with E-state index in [0.717, 1.165) is 25.7 Å². The van der Waals surface area contributed by atoms with Crippen molar-refractivity contribution in [2.75, 3.05) is 12.0 Å². The van der Waals surface area contributed by atoms with Crippen LogP contribution in [0.5, 0.6) is 0 Å². The molecule has 0 radical (unpaired) electrons. The molecule has 0 aromatic rings. The Kier molecular flexibility index (Phi) is 5.62. The molecule has 1 saturated carbocycles. The van der Waals surface area contributed by atoms with Crippen molar-refractivity contribution in [2.45, 2.75) is 44.4 Å². The van der Waals surface area contributed by atoms with Gasteiger partial charge in [-0.2, -0.15) is 0 Å². The Morgan fingerprint density at radius 1 is 1.33 bits per heavy atom. The molecule has 0 bridgehead atoms. The van der Waals surface area contributed by atoms with Gasteiger partial charge in [0, 0.05) is 12.0 Å². The molecular weight excluding hydrogens is 235 g/mol. The lowest BCUT2D eigenvalue weighted by Gasteiger charge is -2.26. The van der Waals surface area contributed by atoms with Crippen LogP contribution in [0.25, 0.3) is 0 Å². The molecule has 5 heteroatoms. The highest BCUT2D eigenvalue weighted by atomic mass is 35.5. The van der Waals surface area contributed by atoms with Crippen molar-refractivity contribution in [2.24, 2.45) is 5.92 Å². The molecule has 0 spiro atoms. The maximum Gasteiger partial charge on any atom is 0.228 e. The van der Waals surface area contributed by atoms with Gasteiger partial charge in [-0.3, -0.25) is 4.57 Å². The average molecular weight is 255 g/mol. The molecule has 2 unspecified atom stereocenters. The molecule has 1 rings (SSSR count). The van der Waals surface area contributed by atoms with Crippen molar-refractivity contribution in [3.63, 3.8) is 0 Å². The molecule has 90 valence electrons. The van der Waals surface area contributed by atoms with Gasteiger partial charge in [-0.25, -0.2) is 0 Å². The predicted molar refractivity (Wildman–Crippen MR) is 62.6 cm³/mol. The topological polar surface area (TPSA) is 57.5 Å². The van der Waals surface area contributed by atoms with E-state index in [0.29, 0.717) is 5.92 Å². The molecule has 1 aliphatic carbocycles. The fourth-order valence-electron chi connectivity index (χ4n) is 2.16. The van der Waals surface area contributed by atoms with E-state index in [2.05, 4.69) is 0 Å². The zero-order valence-electron chi connectivity index (χ0n) is 8.94. The second-order valence-corrected chi connectivity index (χ2v) is 7.25. The van der Waals surface area contributed by atoms with Gasteiger partial charge in [0.2, 0.25) is 7.37 Å². The Bertz CT molecular complexity index is 229. The Morgan fingerprint density at radius 3 is 2.47 bits per heavy atom. The minimum absolute atomic E-state index is 0.210. The summed E-state index contributed by atoms with van der Waals surface area (Å²) in [7, 11) is -3.40. The number of alkyl halides is 1. The summed E-state index contributed by atoms with van der Waals surface area (Å²) in [6.07, 6.45) is 6.06. The summed E-state index contributed by atoms with van der Waals surface area (Å²) in [5.41, 5.74) is 0. The molecule has 2 N–H and O–H groups in total. The lowest BCUT2D eigenvalue weighted by Crippen LogP contribution is -2.17. The standard InChI is InChI=1S/C10H20ClO3P/c11-7-6-10(12)15(13,14)8-9-4-2-1-3-5-9/h9-10,12H,1-8H2,(H,13,14). The second-order valence-electron chi connectivity index (χ2n) is 4.40. The van der Waals surface area contributed by atoms with E-state index in [1.54, 1.807) is 0 Å². The first-order valence-corrected chi connectivity index (χ1v) is 8.06. The van der Waals surface area contributed by atoms with Crippen molar-refractivity contribution >= 4 is 19.0 Å². The van der Waals surface area contributed by atoms with Crippen LogP contribution in [-0.2, 0) is 4.57 Å². The summed E-state index contributed by atoms with van der Waals surface area (Å²) >= 11 is 5.45. The maximum absolute atomic E-state index is 11.8. The Morgan fingerprint density at radius 2 is 1.93 bits per heavy atom. The minimum atomic E-state index is -3.40. The zero-order valence-corrected chi connectivity index (χ0v) is 10.6. The van der Waals surface area contributed by atoms with Gasteiger partial charge in [0.25, 0.3) is 0 Å². The van der Waals surface area contributed by atoms with Crippen LogP contribution in [0.15, 0.2) is 0 Å². The van der Waals surface area contributed by atoms with Gasteiger partial charge in [0.15, 0.2) is 0 Å². The quantitative estimate of drug-likeness (QED) is 0.586. The van der Waals surface area contributed by atoms with Crippen LogP contribution in [0.4, 0.5) is 0 Å². The first kappa shape index (κ1) is 13.5. The van der Waals surface area contributed by atoms with E-state index in [4.69, 9.17) is 11.6 Å². The third-order valence-electron chi connectivity index (χ3n) is 3.08. The molecule has 3 nitrogen and oxygen atoms in total. The molecule has 0 heterocycles. The minimum Gasteiger partial charge on any atom is -0.383 e. The third kappa shape index (κ3) is 4.44. The SMILES string of the molecule is O=P(O)(CC1CCCCC1)C(O)CCCl. The monoisotopic (exact) mass is 254 g/mol. The highest BCUT2D eigenvalue weighted by Gasteiger charge is 2.32. The number of hydrogen-bond donors (Lipinski definition) is 2. The molecular formula is C10H20ClO3P. The third-order valence-corrected chi connectivity index (χ3v) is 5.52. The van der Waals surface area contributed by atoms with E-state index in [9.17, 15) is 14.6 Å². The summed E-state index contributed by atoms with van der Waals surface area (Å²) in [6, 6.07) is 0. The largest absolute Gasteiger partial charge is 0.383 e. The van der Waals surface area contributed by atoms with Gasteiger partial charge in [0.05, 0.1) is 0 Å². The molecule has 0 amide bonds. The van der Waals surface area contributed by atoms with Gasteiger partial charge < -0.3 is 10.00 Å². The number of rotatable bonds is 5. The molecule has 1 fully saturated rings. The lowest BCUT2D eigenvalue weighted by atomic mass is 9.91. The van der Waals surface area contributed by atoms with E-state index < -0.39 is 13.2 Å². The van der Waals surface area contributed by atoms with Crippen LogP contribution in [0.3, 0.4) is 0 Å². The van der Waals surface area contributed by atoms with Gasteiger partial charge >= 0.3 is 0 Å². The highest BCUT2D eigenvalue weighted by Crippen LogP contribution is 2.50. The summed E-state index contributed by atoms with van der Waals surface area (Å²) in [5, 5.41) is 9.51. The van der Waals surface area contributed by atoms with Crippen molar-refractivity contribution in [3.05, 3.63) is 0 Å². The van der Waals surface area contributed by atoms with Crippen molar-refractivity contribution in [1.82, 2.24) is 0 Å². The zero-order chi connectivity index (χ0) is 11.3. The van der Waals surface area contributed by atoms with Crippen LogP contribution in [0.2, 0.25) is 0 Å². The predicted octanol–water partition coefficient (Wildman–Crippen LogP) is 2.78. The fraction of sp³-hybridized carbons (Fsp3) is 1.00. The van der Waals surface area contributed by atoms with Crippen LogP contribution in [-0.4, -0.2) is 27.9 Å². The Balaban J connectivity index is 2.43. The summed E-state index contributed by atoms with van der Waals surface area (Å²) in [4.78, 5) is 9.71. The molecule has 0 saturated heterocycles. The normalized spacial score (nSPS) is 24.7. The van der Waals surface area contributed by atoms with E-state index in [1.165, 1.54) is 6.42 Å². The Hall–Kier alpha value is 0.440. The van der Waals surface area contributed by atoms with Crippen molar-refractivity contribution < 1.29 is 14.6 Å². The summed E-state index contributed by atoms with van der Waals surface area (Å²) < 4.78 is 11.8. The van der Waals surface area contributed by atoms with Crippen molar-refractivity contribution in [3.8, 4) is 0 Å². The lowest BCUT2D eigenvalue weighted by molar-refractivity contribution is 0.223. The van der Waals surface area contributed by atoms with Crippen molar-refractivity contribution in [1.29, 1.82) is 0 Å². The average Bonchev–Trinajstić information content (AvgIpc) is 2.19. The first-order valence-electron chi connectivity index (χ1n) is 5.62. The van der Waals surface area contributed by atoms with Gasteiger partial charge in [-0.15, -0.1) is 11.6 Å². The van der Waals surface area contributed by atoms with Crippen LogP contribution < -0.4 is 0 Å². The number of aliphatic hydroxyl groups is 1. The van der Waals surface area contributed by atoms with Crippen LogP contribution in [0, 0.1) is 5.92 Å². The number of halogens is 1. The molecule has 15 heavy (non-hydrogen) atoms. The fourth-order valence-corrected chi connectivity index (χ4v) is 4.40. The van der Waals surface area contributed by atoms with E-state index in [1.807, 2.05) is 0 Å². The van der Waals surface area contributed by atoms with Crippen LogP contribution in [0.1, 0.15) is 38.5 Å². The number of hydrogen-bond acceptors (Lipinski definition) is 2. The second kappa shape index (κ2) is 6.24. The smallest absolute Gasteiger partial charge is 0.228 e. The molecule has 0 aliphatic heterocycles. The first-order chi connectivity index (χ1) is 7.06. The molecule has 0 aromatic carbocycles. The maximum atomic E-state index is 11.8. The van der Waals surface area contributed by atoms with Gasteiger partial charge in [0.1, 0.15) is 5.85 Å². The Labute approximate surface area is 96.3 Å². The van der Waals surface area contributed by atoms with E-state index in [-0.39, 0.29) is 18.5 Å². The molecule has 2 atom stereocenters. The molecule has 1 aliphatic rings. The molecule has 0 aromatic heterocycles. The van der Waals surface area contributed by atoms with Gasteiger partial charge in [-0.05, 0) is 25.2 Å². The highest BCUT2D eigenvalue weighted by molar-refractivity contribution is 7.58. The summed E-state index contributed by atoms with van der Waals surface area (Å²) in [5.74, 6) is -0.576. The van der Waals surface area contributed by atoms with E-state index >= 15 is 0 Å². The summed E-state index contributed by atoms with van der Waals surface area (Å²) in [6.45, 7) is 0. The van der Waals surface area contributed by atoms with Gasteiger partial charge in [-0.1, -0.05) is 19.3 Å². The number of aliphatic hydroxyl groups excluding tert-OH is 1.